The first-order chi connectivity index (χ1) is 13.5. The number of carbonyl (C=O) groups is 1. The van der Waals surface area contributed by atoms with Gasteiger partial charge in [0.25, 0.3) is 5.91 Å². The van der Waals surface area contributed by atoms with Crippen LogP contribution in [0.4, 0.5) is 5.13 Å². The lowest BCUT2D eigenvalue weighted by Gasteiger charge is -2.18. The number of nitrogens with zero attached hydrogens (tertiary/aromatic N) is 5. The molecule has 0 radical (unpaired) electrons. The van der Waals surface area contributed by atoms with Crippen LogP contribution in [0.1, 0.15) is 28.7 Å². The lowest BCUT2D eigenvalue weighted by molar-refractivity contribution is 0.0979. The molecule has 0 spiro atoms. The Morgan fingerprint density at radius 1 is 1.29 bits per heavy atom. The van der Waals surface area contributed by atoms with Crippen LogP contribution in [0.5, 0.6) is 0 Å². The molecule has 0 unspecified atom stereocenters. The van der Waals surface area contributed by atoms with Gasteiger partial charge in [-0.05, 0) is 49.7 Å². The number of aromatic nitrogens is 4. The number of benzene rings is 1. The zero-order valence-electron chi connectivity index (χ0n) is 15.5. The van der Waals surface area contributed by atoms with Gasteiger partial charge >= 0.3 is 0 Å². The van der Waals surface area contributed by atoms with Crippen LogP contribution in [0.25, 0.3) is 10.2 Å². The first-order valence-corrected chi connectivity index (χ1v) is 10.5. The average molecular weight is 456 g/mol. The normalized spacial score (nSPS) is 11.1. The van der Waals surface area contributed by atoms with E-state index in [1.54, 1.807) is 17.3 Å². The molecular formula is C20H18BrN5OS. The lowest BCUT2D eigenvalue weighted by atomic mass is 10.2. The summed E-state index contributed by atoms with van der Waals surface area (Å²) in [5.41, 5.74) is 3.18. The number of aryl methyl sites for hydroxylation is 2. The zero-order valence-corrected chi connectivity index (χ0v) is 17.9. The summed E-state index contributed by atoms with van der Waals surface area (Å²) in [4.78, 5) is 23.9. The molecule has 0 atom stereocenters. The van der Waals surface area contributed by atoms with E-state index in [2.05, 4.69) is 26.0 Å². The summed E-state index contributed by atoms with van der Waals surface area (Å²) in [6.45, 7) is 5.06. The number of halogens is 1. The summed E-state index contributed by atoms with van der Waals surface area (Å²) >= 11 is 4.98. The number of fused-ring (bicyclic) bond motifs is 1. The molecule has 6 nitrogen and oxygen atoms in total. The smallest absolute Gasteiger partial charge is 0.278 e. The van der Waals surface area contributed by atoms with E-state index in [0.717, 1.165) is 32.5 Å². The Balaban J connectivity index is 1.76. The van der Waals surface area contributed by atoms with Gasteiger partial charge in [-0.15, -0.1) is 0 Å². The molecule has 0 N–H and O–H groups in total. The van der Waals surface area contributed by atoms with Crippen LogP contribution in [0.3, 0.4) is 0 Å². The Morgan fingerprint density at radius 2 is 2.14 bits per heavy atom. The average Bonchev–Trinajstić information content (AvgIpc) is 3.29. The Kier molecular flexibility index (Phi) is 5.23. The van der Waals surface area contributed by atoms with Gasteiger partial charge in [-0.3, -0.25) is 19.4 Å². The van der Waals surface area contributed by atoms with Crippen molar-refractivity contribution in [3.63, 3.8) is 0 Å². The fourth-order valence-electron chi connectivity index (χ4n) is 2.98. The Labute approximate surface area is 175 Å². The first kappa shape index (κ1) is 18.8. The molecule has 8 heteroatoms. The fourth-order valence-corrected chi connectivity index (χ4v) is 4.49. The third kappa shape index (κ3) is 3.70. The Morgan fingerprint density at radius 3 is 2.86 bits per heavy atom. The second-order valence-electron chi connectivity index (χ2n) is 6.35. The van der Waals surface area contributed by atoms with E-state index in [9.17, 15) is 4.79 Å². The molecule has 0 fully saturated rings. The third-order valence-electron chi connectivity index (χ3n) is 4.38. The summed E-state index contributed by atoms with van der Waals surface area (Å²) in [7, 11) is 0. The Hall–Kier alpha value is -2.58. The van der Waals surface area contributed by atoms with E-state index in [-0.39, 0.29) is 5.91 Å². The monoisotopic (exact) mass is 455 g/mol. The molecule has 0 aliphatic carbocycles. The standard InChI is InChI=1S/C20H18BrN5OS/c1-3-26-13(2)9-17(24-26)19(27)25(12-14-5-4-8-22-11-14)20-23-16-7-6-15(21)10-18(16)28-20/h4-11H,3,12H2,1-2H3. The van der Waals surface area contributed by atoms with Crippen molar-refractivity contribution in [2.45, 2.75) is 26.9 Å². The van der Waals surface area contributed by atoms with Gasteiger partial charge in [0.05, 0.1) is 16.8 Å². The highest BCUT2D eigenvalue weighted by atomic mass is 79.9. The van der Waals surface area contributed by atoms with Crippen molar-refractivity contribution >= 4 is 48.5 Å². The van der Waals surface area contributed by atoms with Crippen molar-refractivity contribution in [1.29, 1.82) is 0 Å². The molecule has 28 heavy (non-hydrogen) atoms. The van der Waals surface area contributed by atoms with Crippen LogP contribution < -0.4 is 4.90 Å². The molecule has 3 heterocycles. The number of thiazole rings is 1. The van der Waals surface area contributed by atoms with Gasteiger partial charge in [0.1, 0.15) is 0 Å². The van der Waals surface area contributed by atoms with Crippen molar-refractivity contribution in [2.24, 2.45) is 0 Å². The summed E-state index contributed by atoms with van der Waals surface area (Å²) in [6.07, 6.45) is 3.48. The van der Waals surface area contributed by atoms with Crippen molar-refractivity contribution in [3.05, 3.63) is 70.2 Å². The highest BCUT2D eigenvalue weighted by Gasteiger charge is 2.24. The van der Waals surface area contributed by atoms with Crippen molar-refractivity contribution < 1.29 is 4.79 Å². The van der Waals surface area contributed by atoms with Gasteiger partial charge in [0.15, 0.2) is 10.8 Å². The number of pyridine rings is 1. The summed E-state index contributed by atoms with van der Waals surface area (Å²) in [5.74, 6) is -0.169. The number of anilines is 1. The molecular weight excluding hydrogens is 438 g/mol. The maximum absolute atomic E-state index is 13.4. The molecule has 0 aliphatic rings. The Bertz CT molecular complexity index is 1140. The van der Waals surface area contributed by atoms with Crippen molar-refractivity contribution in [1.82, 2.24) is 19.7 Å². The van der Waals surface area contributed by atoms with Crippen LogP contribution in [0, 0.1) is 6.92 Å². The molecule has 0 saturated heterocycles. The van der Waals surface area contributed by atoms with E-state index < -0.39 is 0 Å². The van der Waals surface area contributed by atoms with Gasteiger partial charge in [-0.25, -0.2) is 4.98 Å². The van der Waals surface area contributed by atoms with Crippen LogP contribution >= 0.6 is 27.3 Å². The van der Waals surface area contributed by atoms with Crippen LogP contribution in [0.15, 0.2) is 53.3 Å². The van der Waals surface area contributed by atoms with E-state index >= 15 is 0 Å². The van der Waals surface area contributed by atoms with Gasteiger partial charge in [-0.1, -0.05) is 33.3 Å². The molecule has 3 aromatic heterocycles. The molecule has 4 rings (SSSR count). The number of carbonyl (C=O) groups excluding carboxylic acids is 1. The minimum Gasteiger partial charge on any atom is -0.278 e. The highest BCUT2D eigenvalue weighted by Crippen LogP contribution is 2.32. The quantitative estimate of drug-likeness (QED) is 0.432. The molecule has 4 aromatic rings. The largest absolute Gasteiger partial charge is 0.280 e. The van der Waals surface area contributed by atoms with Crippen molar-refractivity contribution in [2.75, 3.05) is 4.90 Å². The van der Waals surface area contributed by atoms with Gasteiger partial charge in [-0.2, -0.15) is 5.10 Å². The number of hydrogen-bond acceptors (Lipinski definition) is 5. The summed E-state index contributed by atoms with van der Waals surface area (Å²) in [5, 5.41) is 5.11. The van der Waals surface area contributed by atoms with Gasteiger partial charge < -0.3 is 0 Å². The fraction of sp³-hybridized carbons (Fsp3) is 0.200. The van der Waals surface area contributed by atoms with Crippen LogP contribution in [-0.4, -0.2) is 25.7 Å². The van der Waals surface area contributed by atoms with E-state index in [1.165, 1.54) is 11.3 Å². The second kappa shape index (κ2) is 7.81. The lowest BCUT2D eigenvalue weighted by Crippen LogP contribution is -2.30. The highest BCUT2D eigenvalue weighted by molar-refractivity contribution is 9.10. The van der Waals surface area contributed by atoms with E-state index in [0.29, 0.717) is 17.4 Å². The molecule has 0 aliphatic heterocycles. The molecule has 0 saturated carbocycles. The topological polar surface area (TPSA) is 63.9 Å². The molecule has 1 aromatic carbocycles. The van der Waals surface area contributed by atoms with Crippen LogP contribution in [0.2, 0.25) is 0 Å². The van der Waals surface area contributed by atoms with Crippen LogP contribution in [-0.2, 0) is 13.1 Å². The number of hydrogen-bond donors (Lipinski definition) is 0. The predicted molar refractivity (Wildman–Crippen MR) is 115 cm³/mol. The van der Waals surface area contributed by atoms with Crippen molar-refractivity contribution in [3.8, 4) is 0 Å². The maximum atomic E-state index is 13.4. The molecule has 142 valence electrons. The summed E-state index contributed by atoms with van der Waals surface area (Å²) in [6, 6.07) is 11.6. The SMILES string of the molecule is CCn1nc(C(=O)N(Cc2cccnc2)c2nc3ccc(Br)cc3s2)cc1C. The third-order valence-corrected chi connectivity index (χ3v) is 5.91. The zero-order chi connectivity index (χ0) is 19.7. The number of amides is 1. The minimum atomic E-state index is -0.169. The second-order valence-corrected chi connectivity index (χ2v) is 8.27. The summed E-state index contributed by atoms with van der Waals surface area (Å²) < 4.78 is 3.83. The van der Waals surface area contributed by atoms with Gasteiger partial charge in [0.2, 0.25) is 0 Å². The van der Waals surface area contributed by atoms with E-state index in [1.807, 2.05) is 54.9 Å². The van der Waals surface area contributed by atoms with Gasteiger partial charge in [0, 0.05) is 29.1 Å². The van der Waals surface area contributed by atoms with E-state index in [4.69, 9.17) is 4.98 Å². The predicted octanol–water partition coefficient (Wildman–Crippen LogP) is 4.83. The maximum Gasteiger partial charge on any atom is 0.280 e. The molecule has 0 bridgehead atoms. The molecule has 1 amide bonds. The number of rotatable bonds is 5. The minimum absolute atomic E-state index is 0.169. The first-order valence-electron chi connectivity index (χ1n) is 8.86.